The first-order valence-electron chi connectivity index (χ1n) is 7.29. The van der Waals surface area contributed by atoms with Crippen molar-refractivity contribution in [2.45, 2.75) is 50.7 Å². The van der Waals surface area contributed by atoms with Crippen molar-refractivity contribution in [3.8, 4) is 0 Å². The predicted octanol–water partition coefficient (Wildman–Crippen LogP) is 1.17. The summed E-state index contributed by atoms with van der Waals surface area (Å²) < 4.78 is 5.45. The van der Waals surface area contributed by atoms with Gasteiger partial charge in [0.15, 0.2) is 0 Å². The summed E-state index contributed by atoms with van der Waals surface area (Å²) in [5, 5.41) is 12.3. The zero-order valence-electron chi connectivity index (χ0n) is 11.0. The molecule has 0 radical (unpaired) electrons. The number of carboxylic acid groups (broad SMARTS) is 1. The molecule has 3 fully saturated rings. The molecule has 1 saturated heterocycles. The van der Waals surface area contributed by atoms with Gasteiger partial charge in [-0.15, -0.1) is 0 Å². The van der Waals surface area contributed by atoms with Gasteiger partial charge >= 0.3 is 5.97 Å². The monoisotopic (exact) mass is 267 g/mol. The van der Waals surface area contributed by atoms with Crippen LogP contribution in [-0.4, -0.2) is 35.7 Å². The van der Waals surface area contributed by atoms with Crippen molar-refractivity contribution < 1.29 is 19.4 Å². The molecule has 2 N–H and O–H groups in total. The number of carbonyl (C=O) groups is 2. The SMILES string of the molecule is O=C(CC1CCCO1)NC1C2CCC(C2)C1C(=O)O. The van der Waals surface area contributed by atoms with Crippen LogP contribution >= 0.6 is 0 Å². The topological polar surface area (TPSA) is 75.6 Å². The second-order valence-corrected chi connectivity index (χ2v) is 6.13. The van der Waals surface area contributed by atoms with Crippen LogP contribution in [0, 0.1) is 17.8 Å². The summed E-state index contributed by atoms with van der Waals surface area (Å²) in [6.07, 6.45) is 5.37. The van der Waals surface area contributed by atoms with Crippen LogP contribution in [0.4, 0.5) is 0 Å². The third kappa shape index (κ3) is 2.48. The molecule has 5 atom stereocenters. The van der Waals surface area contributed by atoms with Crippen molar-refractivity contribution in [1.29, 1.82) is 0 Å². The van der Waals surface area contributed by atoms with Crippen molar-refractivity contribution in [1.82, 2.24) is 5.32 Å². The maximum Gasteiger partial charge on any atom is 0.308 e. The lowest BCUT2D eigenvalue weighted by atomic mass is 9.84. The van der Waals surface area contributed by atoms with Crippen LogP contribution in [0.2, 0.25) is 0 Å². The molecule has 5 nitrogen and oxygen atoms in total. The molecule has 2 aliphatic carbocycles. The summed E-state index contributed by atoms with van der Waals surface area (Å²) in [5.74, 6) is -0.562. The van der Waals surface area contributed by atoms with Gasteiger partial charge in [0.1, 0.15) is 0 Å². The van der Waals surface area contributed by atoms with E-state index in [1.54, 1.807) is 0 Å². The minimum absolute atomic E-state index is 0.0295. The zero-order valence-corrected chi connectivity index (χ0v) is 11.0. The van der Waals surface area contributed by atoms with Crippen molar-refractivity contribution in [3.63, 3.8) is 0 Å². The van der Waals surface area contributed by atoms with Crippen LogP contribution in [0.15, 0.2) is 0 Å². The average Bonchev–Trinajstić information content (AvgIpc) is 3.03. The number of carboxylic acids is 1. The molecule has 2 saturated carbocycles. The van der Waals surface area contributed by atoms with E-state index >= 15 is 0 Å². The van der Waals surface area contributed by atoms with Crippen molar-refractivity contribution in [2.75, 3.05) is 6.61 Å². The summed E-state index contributed by atoms with van der Waals surface area (Å²) in [7, 11) is 0. The number of nitrogens with one attached hydrogen (secondary N) is 1. The maximum atomic E-state index is 12.0. The van der Waals surface area contributed by atoms with E-state index in [2.05, 4.69) is 5.32 Å². The highest BCUT2D eigenvalue weighted by Crippen LogP contribution is 2.48. The number of aliphatic carboxylic acids is 1. The Balaban J connectivity index is 1.58. The van der Waals surface area contributed by atoms with Gasteiger partial charge in [0, 0.05) is 12.6 Å². The molecule has 1 aliphatic heterocycles. The lowest BCUT2D eigenvalue weighted by molar-refractivity contribution is -0.144. The van der Waals surface area contributed by atoms with E-state index in [-0.39, 0.29) is 29.9 Å². The molecule has 3 aliphatic rings. The highest BCUT2D eigenvalue weighted by Gasteiger charge is 2.51. The Hall–Kier alpha value is -1.10. The lowest BCUT2D eigenvalue weighted by Crippen LogP contribution is -2.47. The number of rotatable bonds is 4. The van der Waals surface area contributed by atoms with Gasteiger partial charge in [-0.3, -0.25) is 9.59 Å². The number of hydrogen-bond acceptors (Lipinski definition) is 3. The number of amides is 1. The molecule has 1 amide bonds. The molecule has 106 valence electrons. The minimum atomic E-state index is -0.755. The second kappa shape index (κ2) is 5.12. The Morgan fingerprint density at radius 1 is 1.21 bits per heavy atom. The van der Waals surface area contributed by atoms with Crippen LogP contribution < -0.4 is 5.32 Å². The molecule has 5 heteroatoms. The summed E-state index contributed by atoms with van der Waals surface area (Å²) in [4.78, 5) is 23.4. The Morgan fingerprint density at radius 2 is 2.00 bits per heavy atom. The number of ether oxygens (including phenoxy) is 1. The average molecular weight is 267 g/mol. The fraction of sp³-hybridized carbons (Fsp3) is 0.857. The van der Waals surface area contributed by atoms with Gasteiger partial charge in [-0.2, -0.15) is 0 Å². The fourth-order valence-electron chi connectivity index (χ4n) is 4.11. The molecule has 0 aromatic carbocycles. The summed E-state index contributed by atoms with van der Waals surface area (Å²) in [6.45, 7) is 0.740. The molecular formula is C14H21NO4. The minimum Gasteiger partial charge on any atom is -0.481 e. The zero-order chi connectivity index (χ0) is 13.4. The van der Waals surface area contributed by atoms with Gasteiger partial charge in [-0.05, 0) is 43.9 Å². The highest BCUT2D eigenvalue weighted by atomic mass is 16.5. The summed E-state index contributed by atoms with van der Waals surface area (Å²) in [5.41, 5.74) is 0. The maximum absolute atomic E-state index is 12.0. The first kappa shape index (κ1) is 12.9. The summed E-state index contributed by atoms with van der Waals surface area (Å²) >= 11 is 0. The highest BCUT2D eigenvalue weighted by molar-refractivity contribution is 5.79. The van der Waals surface area contributed by atoms with E-state index < -0.39 is 5.97 Å². The van der Waals surface area contributed by atoms with Gasteiger partial charge < -0.3 is 15.2 Å². The largest absolute Gasteiger partial charge is 0.481 e. The fourth-order valence-corrected chi connectivity index (χ4v) is 4.11. The smallest absolute Gasteiger partial charge is 0.308 e. The Bertz CT molecular complexity index is 378. The van der Waals surface area contributed by atoms with Gasteiger partial charge in [0.25, 0.3) is 0 Å². The predicted molar refractivity (Wildman–Crippen MR) is 67.5 cm³/mol. The van der Waals surface area contributed by atoms with E-state index in [4.69, 9.17) is 4.74 Å². The molecule has 19 heavy (non-hydrogen) atoms. The van der Waals surface area contributed by atoms with Crippen LogP contribution in [0.25, 0.3) is 0 Å². The van der Waals surface area contributed by atoms with Crippen molar-refractivity contribution >= 4 is 11.9 Å². The van der Waals surface area contributed by atoms with Crippen LogP contribution in [0.5, 0.6) is 0 Å². The molecule has 5 unspecified atom stereocenters. The molecular weight excluding hydrogens is 246 g/mol. The first-order chi connectivity index (χ1) is 9.15. The molecule has 2 bridgehead atoms. The number of fused-ring (bicyclic) bond motifs is 2. The quantitative estimate of drug-likeness (QED) is 0.801. The number of hydrogen-bond donors (Lipinski definition) is 2. The Morgan fingerprint density at radius 3 is 2.68 bits per heavy atom. The van der Waals surface area contributed by atoms with Crippen LogP contribution in [0.1, 0.15) is 38.5 Å². The summed E-state index contributed by atoms with van der Waals surface area (Å²) in [6, 6.07) is -0.162. The van der Waals surface area contributed by atoms with Crippen LogP contribution in [-0.2, 0) is 14.3 Å². The van der Waals surface area contributed by atoms with Crippen molar-refractivity contribution in [2.24, 2.45) is 17.8 Å². The van der Waals surface area contributed by atoms with Gasteiger partial charge in [0.2, 0.25) is 5.91 Å². The van der Waals surface area contributed by atoms with Gasteiger partial charge in [-0.25, -0.2) is 0 Å². The Labute approximate surface area is 112 Å². The van der Waals surface area contributed by atoms with E-state index in [1.165, 1.54) is 0 Å². The van der Waals surface area contributed by atoms with Gasteiger partial charge in [-0.1, -0.05) is 0 Å². The third-order valence-corrected chi connectivity index (χ3v) is 4.97. The second-order valence-electron chi connectivity index (χ2n) is 6.13. The molecule has 0 spiro atoms. The van der Waals surface area contributed by atoms with Gasteiger partial charge in [0.05, 0.1) is 18.4 Å². The lowest BCUT2D eigenvalue weighted by Gasteiger charge is -2.29. The molecule has 1 heterocycles. The first-order valence-corrected chi connectivity index (χ1v) is 7.29. The third-order valence-electron chi connectivity index (χ3n) is 4.97. The van der Waals surface area contributed by atoms with E-state index in [0.29, 0.717) is 12.3 Å². The van der Waals surface area contributed by atoms with E-state index in [9.17, 15) is 14.7 Å². The molecule has 0 aromatic heterocycles. The standard InChI is InChI=1S/C14H21NO4/c16-11(7-10-2-1-5-19-10)15-13-9-4-3-8(6-9)12(13)14(17)18/h8-10,12-13H,1-7H2,(H,15,16)(H,17,18). The molecule has 0 aromatic rings. The van der Waals surface area contributed by atoms with Crippen LogP contribution in [0.3, 0.4) is 0 Å². The molecule has 3 rings (SSSR count). The van der Waals surface area contributed by atoms with Crippen molar-refractivity contribution in [3.05, 3.63) is 0 Å². The van der Waals surface area contributed by atoms with E-state index in [1.807, 2.05) is 0 Å². The normalized spacial score (nSPS) is 40.5. The van der Waals surface area contributed by atoms with E-state index in [0.717, 1.165) is 38.7 Å². The Kier molecular flexibility index (Phi) is 3.48. The number of carbonyl (C=O) groups excluding carboxylic acids is 1.